The van der Waals surface area contributed by atoms with Gasteiger partial charge in [-0.05, 0) is 12.1 Å². The molecule has 23 heavy (non-hydrogen) atoms. The number of imidazole rings is 1. The lowest BCUT2D eigenvalue weighted by Gasteiger charge is -2.05. The number of rotatable bonds is 6. The molecule has 10 heteroatoms. The van der Waals surface area contributed by atoms with E-state index >= 15 is 0 Å². The van der Waals surface area contributed by atoms with Crippen LogP contribution < -0.4 is 4.72 Å². The van der Waals surface area contributed by atoms with E-state index in [0.29, 0.717) is 6.42 Å². The zero-order valence-corrected chi connectivity index (χ0v) is 13.6. The molecule has 0 unspecified atom stereocenters. The van der Waals surface area contributed by atoms with Crippen LogP contribution in [-0.4, -0.2) is 35.2 Å². The molecule has 2 aromatic rings. The maximum absolute atomic E-state index is 12.1. The summed E-state index contributed by atoms with van der Waals surface area (Å²) in [7, 11) is -3.68. The molecule has 3 rings (SSSR count). The summed E-state index contributed by atoms with van der Waals surface area (Å²) in [5, 5.41) is 11.6. The number of benzene rings is 1. The Balaban J connectivity index is 1.60. The third kappa shape index (κ3) is 3.54. The fourth-order valence-electron chi connectivity index (χ4n) is 2.23. The summed E-state index contributed by atoms with van der Waals surface area (Å²) in [5.41, 5.74) is 0.701. The first-order valence-corrected chi connectivity index (χ1v) is 9.35. The van der Waals surface area contributed by atoms with Crippen LogP contribution in [0.5, 0.6) is 0 Å². The molecule has 2 heterocycles. The van der Waals surface area contributed by atoms with Gasteiger partial charge >= 0.3 is 0 Å². The molecule has 0 radical (unpaired) electrons. The molecule has 1 aliphatic rings. The highest BCUT2D eigenvalue weighted by molar-refractivity contribution is 7.99. The highest BCUT2D eigenvalue weighted by atomic mass is 32.2. The van der Waals surface area contributed by atoms with Crippen LogP contribution in [-0.2, 0) is 23.0 Å². The van der Waals surface area contributed by atoms with Crippen LogP contribution in [0.25, 0.3) is 0 Å². The maximum Gasteiger partial charge on any atom is 0.269 e. The summed E-state index contributed by atoms with van der Waals surface area (Å²) in [6, 6.07) is 4.79. The third-order valence-electron chi connectivity index (χ3n) is 3.38. The minimum Gasteiger partial charge on any atom is -0.325 e. The van der Waals surface area contributed by atoms with Gasteiger partial charge in [-0.15, -0.1) is 0 Å². The molecule has 0 aliphatic carbocycles. The lowest BCUT2D eigenvalue weighted by atomic mass is 10.3. The van der Waals surface area contributed by atoms with Crippen LogP contribution in [0.1, 0.15) is 5.69 Å². The first-order valence-electron chi connectivity index (χ1n) is 6.89. The summed E-state index contributed by atoms with van der Waals surface area (Å²) in [4.78, 5) is 14.4. The average Bonchev–Trinajstić information content (AvgIpc) is 3.08. The summed E-state index contributed by atoms with van der Waals surface area (Å²) in [5.74, 6) is 1.02. The third-order valence-corrected chi connectivity index (χ3v) is 5.83. The molecule has 122 valence electrons. The van der Waals surface area contributed by atoms with E-state index in [1.807, 2.05) is 6.20 Å². The lowest BCUT2D eigenvalue weighted by Crippen LogP contribution is -2.26. The second kappa shape index (κ2) is 6.30. The van der Waals surface area contributed by atoms with Gasteiger partial charge in [-0.2, -0.15) is 0 Å². The van der Waals surface area contributed by atoms with Gasteiger partial charge in [0.05, 0.1) is 15.5 Å². The van der Waals surface area contributed by atoms with Crippen LogP contribution in [0.3, 0.4) is 0 Å². The zero-order valence-electron chi connectivity index (χ0n) is 12.0. The number of aryl methyl sites for hydroxylation is 1. The van der Waals surface area contributed by atoms with Crippen LogP contribution >= 0.6 is 11.8 Å². The Bertz CT molecular complexity index is 809. The van der Waals surface area contributed by atoms with E-state index in [1.54, 1.807) is 11.8 Å². The zero-order chi connectivity index (χ0) is 16.4. The van der Waals surface area contributed by atoms with E-state index in [-0.39, 0.29) is 17.1 Å². The van der Waals surface area contributed by atoms with Gasteiger partial charge in [-0.3, -0.25) is 10.1 Å². The summed E-state index contributed by atoms with van der Waals surface area (Å²) in [6.07, 6.45) is 2.43. The molecule has 0 saturated heterocycles. The predicted octanol–water partition coefficient (Wildman–Crippen LogP) is 1.42. The molecule has 0 saturated carbocycles. The maximum atomic E-state index is 12.1. The Labute approximate surface area is 137 Å². The van der Waals surface area contributed by atoms with Gasteiger partial charge in [0, 0.05) is 43.6 Å². The van der Waals surface area contributed by atoms with Crippen molar-refractivity contribution in [1.82, 2.24) is 14.3 Å². The number of nitrogens with zero attached hydrogens (tertiary/aromatic N) is 3. The number of aromatic nitrogens is 2. The van der Waals surface area contributed by atoms with Crippen molar-refractivity contribution in [2.75, 3.05) is 12.3 Å². The van der Waals surface area contributed by atoms with Crippen molar-refractivity contribution in [1.29, 1.82) is 0 Å². The van der Waals surface area contributed by atoms with Crippen molar-refractivity contribution in [2.24, 2.45) is 0 Å². The van der Waals surface area contributed by atoms with Crippen molar-refractivity contribution >= 4 is 27.5 Å². The highest BCUT2D eigenvalue weighted by Gasteiger charge is 2.17. The van der Waals surface area contributed by atoms with Crippen LogP contribution in [0.2, 0.25) is 0 Å². The van der Waals surface area contributed by atoms with Crippen molar-refractivity contribution in [3.05, 3.63) is 46.3 Å². The Kier molecular flexibility index (Phi) is 4.37. The number of hydrogen-bond acceptors (Lipinski definition) is 6. The molecule has 8 nitrogen and oxygen atoms in total. The van der Waals surface area contributed by atoms with Gasteiger partial charge in [-0.25, -0.2) is 18.1 Å². The summed E-state index contributed by atoms with van der Waals surface area (Å²) in [6.45, 7) is 1.15. The van der Waals surface area contributed by atoms with Gasteiger partial charge in [0.1, 0.15) is 0 Å². The number of nitro benzene ring substituents is 1. The smallest absolute Gasteiger partial charge is 0.269 e. The largest absolute Gasteiger partial charge is 0.325 e. The predicted molar refractivity (Wildman–Crippen MR) is 84.9 cm³/mol. The number of nitro groups is 1. The number of sulfonamides is 1. The van der Waals surface area contributed by atoms with Crippen molar-refractivity contribution in [2.45, 2.75) is 23.0 Å². The monoisotopic (exact) mass is 354 g/mol. The number of non-ortho nitro benzene ring substituents is 1. The van der Waals surface area contributed by atoms with E-state index in [1.165, 1.54) is 24.3 Å². The first-order chi connectivity index (χ1) is 11.0. The average molecular weight is 354 g/mol. The Morgan fingerprint density at radius 2 is 2.09 bits per heavy atom. The number of hydrogen-bond donors (Lipinski definition) is 1. The topological polar surface area (TPSA) is 107 Å². The molecule has 0 spiro atoms. The normalized spacial score (nSPS) is 13.9. The first kappa shape index (κ1) is 16.0. The quantitative estimate of drug-likeness (QED) is 0.621. The van der Waals surface area contributed by atoms with E-state index < -0.39 is 14.9 Å². The molecule has 1 aliphatic heterocycles. The molecule has 0 atom stereocenters. The Hall–Kier alpha value is -1.91. The second-order valence-electron chi connectivity index (χ2n) is 4.96. The van der Waals surface area contributed by atoms with Crippen molar-refractivity contribution < 1.29 is 13.3 Å². The Morgan fingerprint density at radius 3 is 2.74 bits per heavy atom. The van der Waals surface area contributed by atoms with Gasteiger partial charge in [0.15, 0.2) is 5.16 Å². The molecule has 1 N–H and O–H groups in total. The molecule has 1 aromatic carbocycles. The van der Waals surface area contributed by atoms with Gasteiger partial charge in [-0.1, -0.05) is 11.8 Å². The van der Waals surface area contributed by atoms with E-state index in [9.17, 15) is 18.5 Å². The molecular weight excluding hydrogens is 340 g/mol. The fraction of sp³-hybridized carbons (Fsp3) is 0.308. The van der Waals surface area contributed by atoms with Crippen LogP contribution in [0.4, 0.5) is 5.69 Å². The molecule has 0 fully saturated rings. The number of nitrogens with one attached hydrogen (secondary N) is 1. The van der Waals surface area contributed by atoms with Crippen molar-refractivity contribution in [3.8, 4) is 0 Å². The second-order valence-corrected chi connectivity index (χ2v) is 7.78. The van der Waals surface area contributed by atoms with E-state index in [0.717, 1.165) is 23.1 Å². The summed E-state index contributed by atoms with van der Waals surface area (Å²) >= 11 is 1.69. The lowest BCUT2D eigenvalue weighted by molar-refractivity contribution is -0.384. The van der Waals surface area contributed by atoms with Gasteiger partial charge in [0.2, 0.25) is 10.0 Å². The minimum absolute atomic E-state index is 0.00555. The minimum atomic E-state index is -3.68. The standard InChI is InChI=1S/C13H14N4O4S2/c18-17(19)11-1-3-12(4-2-11)23(20,21)14-6-5-10-9-16-7-8-22-13(16)15-10/h1-4,9,14H,5-8H2. The van der Waals surface area contributed by atoms with Gasteiger partial charge < -0.3 is 4.57 Å². The van der Waals surface area contributed by atoms with E-state index in [4.69, 9.17) is 0 Å². The van der Waals surface area contributed by atoms with Crippen LogP contribution in [0, 0.1) is 10.1 Å². The number of fused-ring (bicyclic) bond motifs is 1. The highest BCUT2D eigenvalue weighted by Crippen LogP contribution is 2.24. The molecule has 1 aromatic heterocycles. The SMILES string of the molecule is O=[N+]([O-])c1ccc(S(=O)(=O)NCCc2cn3c(n2)SCC3)cc1. The molecule has 0 bridgehead atoms. The Morgan fingerprint density at radius 1 is 1.35 bits per heavy atom. The van der Waals surface area contributed by atoms with E-state index in [2.05, 4.69) is 14.3 Å². The number of thioether (sulfide) groups is 1. The molecule has 0 amide bonds. The molecular formula is C13H14N4O4S2. The van der Waals surface area contributed by atoms with Gasteiger partial charge in [0.25, 0.3) is 5.69 Å². The van der Waals surface area contributed by atoms with Crippen LogP contribution in [0.15, 0.2) is 40.5 Å². The fourth-order valence-corrected chi connectivity index (χ4v) is 4.22. The van der Waals surface area contributed by atoms with Crippen molar-refractivity contribution in [3.63, 3.8) is 0 Å². The summed E-state index contributed by atoms with van der Waals surface area (Å²) < 4.78 is 28.8.